The molecule has 0 amide bonds. The molecule has 0 spiro atoms. The molecule has 1 aliphatic rings. The number of nitrogens with zero attached hydrogens (tertiary/aromatic N) is 1. The van der Waals surface area contributed by atoms with Crippen LogP contribution in [0, 0.1) is 0 Å². The fraction of sp³-hybridized carbons (Fsp3) is 0.522. The minimum absolute atomic E-state index is 0.0285. The molecule has 1 aliphatic carbocycles. The van der Waals surface area contributed by atoms with E-state index in [1.165, 1.54) is 18.4 Å². The van der Waals surface area contributed by atoms with Gasteiger partial charge in [-0.25, -0.2) is 0 Å². The summed E-state index contributed by atoms with van der Waals surface area (Å²) in [6, 6.07) is 10.3. The van der Waals surface area contributed by atoms with Gasteiger partial charge in [-0.1, -0.05) is 13.0 Å². The molecule has 2 aromatic rings. The molecule has 0 saturated heterocycles. The van der Waals surface area contributed by atoms with E-state index in [0.29, 0.717) is 6.10 Å². The van der Waals surface area contributed by atoms with Crippen LogP contribution in [0.25, 0.3) is 0 Å². The molecule has 4 heteroatoms. The topological polar surface area (TPSA) is 40.6 Å². The Bertz CT molecular complexity index is 698. The normalized spacial score (nSPS) is 16.9. The van der Waals surface area contributed by atoms with Crippen LogP contribution in [0.2, 0.25) is 0 Å². The fourth-order valence-corrected chi connectivity index (χ4v) is 3.53. The number of pyridine rings is 1. The molecule has 0 N–H and O–H groups in total. The van der Waals surface area contributed by atoms with Crippen molar-refractivity contribution >= 4 is 0 Å². The third-order valence-corrected chi connectivity index (χ3v) is 5.30. The third kappa shape index (κ3) is 5.46. The molecule has 0 bridgehead atoms. The first-order valence-corrected chi connectivity index (χ1v) is 10.1. The zero-order valence-corrected chi connectivity index (χ0v) is 16.7. The first-order valence-electron chi connectivity index (χ1n) is 10.1. The summed E-state index contributed by atoms with van der Waals surface area (Å²) in [6.45, 7) is 4.27. The summed E-state index contributed by atoms with van der Waals surface area (Å²) in [6.07, 6.45) is 10.6. The van der Waals surface area contributed by atoms with Crippen LogP contribution in [-0.4, -0.2) is 24.3 Å². The number of hydrogen-bond acceptors (Lipinski definition) is 4. The first-order chi connectivity index (χ1) is 13.2. The first kappa shape index (κ1) is 19.7. The van der Waals surface area contributed by atoms with Gasteiger partial charge in [-0.15, -0.1) is 0 Å². The molecule has 0 aliphatic heterocycles. The predicted octanol–water partition coefficient (Wildman–Crippen LogP) is 5.51. The highest BCUT2D eigenvalue weighted by molar-refractivity contribution is 5.44. The molecule has 2 unspecified atom stereocenters. The monoisotopic (exact) mass is 369 g/mol. The Labute approximate surface area is 162 Å². The molecule has 0 radical (unpaired) electrons. The Hall–Kier alpha value is -2.07. The minimum atomic E-state index is -0.0285. The van der Waals surface area contributed by atoms with Gasteiger partial charge < -0.3 is 14.2 Å². The molecule has 1 heterocycles. The number of rotatable bonds is 9. The summed E-state index contributed by atoms with van der Waals surface area (Å²) in [7, 11) is 1.70. The smallest absolute Gasteiger partial charge is 0.161 e. The number of ether oxygens (including phenoxy) is 3. The van der Waals surface area contributed by atoms with Gasteiger partial charge in [0.05, 0.1) is 25.4 Å². The van der Waals surface area contributed by atoms with E-state index in [0.717, 1.165) is 42.7 Å². The van der Waals surface area contributed by atoms with Crippen LogP contribution in [-0.2, 0) is 11.2 Å². The molecular weight excluding hydrogens is 338 g/mol. The third-order valence-electron chi connectivity index (χ3n) is 5.30. The number of methoxy groups -OCH3 is 1. The van der Waals surface area contributed by atoms with Gasteiger partial charge >= 0.3 is 0 Å². The van der Waals surface area contributed by atoms with E-state index in [9.17, 15) is 0 Å². The lowest BCUT2D eigenvalue weighted by Crippen LogP contribution is -2.16. The lowest BCUT2D eigenvalue weighted by Gasteiger charge is -2.24. The molecule has 27 heavy (non-hydrogen) atoms. The molecule has 3 rings (SSSR count). The average molecular weight is 370 g/mol. The highest BCUT2D eigenvalue weighted by Gasteiger charge is 2.21. The highest BCUT2D eigenvalue weighted by Crippen LogP contribution is 2.36. The Kier molecular flexibility index (Phi) is 7.11. The Morgan fingerprint density at radius 3 is 2.48 bits per heavy atom. The van der Waals surface area contributed by atoms with E-state index in [1.807, 2.05) is 30.6 Å². The molecule has 1 aromatic carbocycles. The van der Waals surface area contributed by atoms with Gasteiger partial charge in [-0.3, -0.25) is 4.98 Å². The van der Waals surface area contributed by atoms with E-state index in [2.05, 4.69) is 31.0 Å². The lowest BCUT2D eigenvalue weighted by molar-refractivity contribution is -0.00508. The maximum atomic E-state index is 6.37. The summed E-state index contributed by atoms with van der Waals surface area (Å²) in [5, 5.41) is 0. The zero-order valence-electron chi connectivity index (χ0n) is 16.7. The summed E-state index contributed by atoms with van der Waals surface area (Å²) in [4.78, 5) is 4.12. The summed E-state index contributed by atoms with van der Waals surface area (Å²) in [5.41, 5.74) is 2.34. The summed E-state index contributed by atoms with van der Waals surface area (Å²) < 4.78 is 18.2. The number of hydrogen-bond donors (Lipinski definition) is 0. The van der Waals surface area contributed by atoms with Crippen LogP contribution in [0.5, 0.6) is 11.5 Å². The number of aromatic nitrogens is 1. The van der Waals surface area contributed by atoms with Crippen LogP contribution in [0.15, 0.2) is 42.7 Å². The quantitative estimate of drug-likeness (QED) is 0.584. The van der Waals surface area contributed by atoms with E-state index in [1.54, 1.807) is 7.11 Å². The van der Waals surface area contributed by atoms with Crippen molar-refractivity contribution in [2.24, 2.45) is 0 Å². The van der Waals surface area contributed by atoms with E-state index >= 15 is 0 Å². The maximum absolute atomic E-state index is 6.37. The van der Waals surface area contributed by atoms with Crippen LogP contribution in [0.4, 0.5) is 0 Å². The summed E-state index contributed by atoms with van der Waals surface area (Å²) in [5.74, 6) is 1.62. The van der Waals surface area contributed by atoms with Crippen molar-refractivity contribution in [3.05, 3.63) is 53.9 Å². The second kappa shape index (κ2) is 9.75. The standard InChI is InChI=1S/C23H31NO3/c1-4-17(2)26-22(15-18-11-13-24-14-12-18)19-9-10-21(25-3)23(16-19)27-20-7-5-6-8-20/h9-14,16-17,20,22H,4-8,15H2,1-3H3. The van der Waals surface area contributed by atoms with Crippen molar-refractivity contribution in [2.45, 2.75) is 70.7 Å². The average Bonchev–Trinajstić information content (AvgIpc) is 3.21. The van der Waals surface area contributed by atoms with E-state index in [4.69, 9.17) is 14.2 Å². The van der Waals surface area contributed by atoms with Gasteiger partial charge in [0, 0.05) is 18.8 Å². The van der Waals surface area contributed by atoms with E-state index in [-0.39, 0.29) is 12.2 Å². The molecule has 1 saturated carbocycles. The van der Waals surface area contributed by atoms with E-state index < -0.39 is 0 Å². The van der Waals surface area contributed by atoms with Gasteiger partial charge in [-0.05, 0) is 74.4 Å². The Morgan fingerprint density at radius 1 is 1.07 bits per heavy atom. The molecule has 146 valence electrons. The predicted molar refractivity (Wildman–Crippen MR) is 107 cm³/mol. The maximum Gasteiger partial charge on any atom is 0.161 e. The second-order valence-corrected chi connectivity index (χ2v) is 7.34. The van der Waals surface area contributed by atoms with Crippen molar-refractivity contribution in [3.63, 3.8) is 0 Å². The van der Waals surface area contributed by atoms with Gasteiger partial charge in [0.15, 0.2) is 11.5 Å². The van der Waals surface area contributed by atoms with Crippen LogP contribution in [0.1, 0.15) is 63.2 Å². The van der Waals surface area contributed by atoms with Gasteiger partial charge in [-0.2, -0.15) is 0 Å². The van der Waals surface area contributed by atoms with Crippen molar-refractivity contribution in [3.8, 4) is 11.5 Å². The number of benzene rings is 1. The van der Waals surface area contributed by atoms with Crippen molar-refractivity contribution in [2.75, 3.05) is 7.11 Å². The zero-order chi connectivity index (χ0) is 19.1. The molecule has 4 nitrogen and oxygen atoms in total. The molecular formula is C23H31NO3. The van der Waals surface area contributed by atoms with Crippen LogP contribution >= 0.6 is 0 Å². The minimum Gasteiger partial charge on any atom is -0.493 e. The van der Waals surface area contributed by atoms with Gasteiger partial charge in [0.25, 0.3) is 0 Å². The highest BCUT2D eigenvalue weighted by atomic mass is 16.5. The second-order valence-electron chi connectivity index (χ2n) is 7.34. The SMILES string of the molecule is CCC(C)OC(Cc1ccncc1)c1ccc(OC)c(OC2CCCC2)c1. The largest absolute Gasteiger partial charge is 0.493 e. The molecule has 1 fully saturated rings. The van der Waals surface area contributed by atoms with Crippen molar-refractivity contribution in [1.82, 2.24) is 4.98 Å². The Morgan fingerprint density at radius 2 is 1.81 bits per heavy atom. The Balaban J connectivity index is 1.85. The van der Waals surface area contributed by atoms with Gasteiger partial charge in [0.1, 0.15) is 0 Å². The van der Waals surface area contributed by atoms with Crippen LogP contribution in [0.3, 0.4) is 0 Å². The summed E-state index contributed by atoms with van der Waals surface area (Å²) >= 11 is 0. The van der Waals surface area contributed by atoms with Gasteiger partial charge in [0.2, 0.25) is 0 Å². The van der Waals surface area contributed by atoms with Crippen molar-refractivity contribution < 1.29 is 14.2 Å². The lowest BCUT2D eigenvalue weighted by atomic mass is 10.0. The van der Waals surface area contributed by atoms with Crippen LogP contribution < -0.4 is 9.47 Å². The fourth-order valence-electron chi connectivity index (χ4n) is 3.53. The molecule has 1 aromatic heterocycles. The van der Waals surface area contributed by atoms with Crippen molar-refractivity contribution in [1.29, 1.82) is 0 Å². The molecule has 2 atom stereocenters.